The highest BCUT2D eigenvalue weighted by molar-refractivity contribution is 7.93. The largest absolute Gasteiger partial charge is 0.326 e. The molecule has 0 aliphatic carbocycles. The molecule has 0 heterocycles. The number of halogens is 1. The molecule has 2 aromatic carbocycles. The smallest absolute Gasteiger partial charge is 0.283 e. The first-order valence-electron chi connectivity index (χ1n) is 6.01. The molecular weight excluding hydrogens is 310 g/mol. The van der Waals surface area contributed by atoms with Crippen LogP contribution in [0.4, 0.5) is 0 Å². The zero-order valence-electron chi connectivity index (χ0n) is 11.2. The van der Waals surface area contributed by atoms with Gasteiger partial charge in [0.1, 0.15) is 0 Å². The normalized spacial score (nSPS) is 13.2. The van der Waals surface area contributed by atoms with Crippen LogP contribution < -0.4 is 0 Å². The number of Topliss-reactive ketones (excluding diaryl/α,β-unsaturated/α-hetero) is 1. The summed E-state index contributed by atoms with van der Waals surface area (Å²) in [6.45, 7) is 0. The summed E-state index contributed by atoms with van der Waals surface area (Å²) in [5.74, 6) is -1.80. The van der Waals surface area contributed by atoms with E-state index in [-0.39, 0.29) is 5.56 Å². The Morgan fingerprint density at radius 2 is 1.57 bits per heavy atom. The van der Waals surface area contributed by atoms with Crippen molar-refractivity contribution in [3.05, 3.63) is 65.2 Å². The van der Waals surface area contributed by atoms with Gasteiger partial charge in [-0.05, 0) is 24.3 Å². The maximum absolute atomic E-state index is 12.5. The van der Waals surface area contributed by atoms with Crippen molar-refractivity contribution in [2.24, 2.45) is 4.36 Å². The number of rotatable bonds is 3. The highest BCUT2D eigenvalue weighted by Gasteiger charge is 2.18. The average Bonchev–Trinajstić information content (AvgIpc) is 2.47. The first-order chi connectivity index (χ1) is 9.90. The molecule has 0 aromatic heterocycles. The van der Waals surface area contributed by atoms with Crippen molar-refractivity contribution in [3.8, 4) is 0 Å². The van der Waals surface area contributed by atoms with Crippen LogP contribution in [0.3, 0.4) is 0 Å². The van der Waals surface area contributed by atoms with Crippen LogP contribution in [0.2, 0.25) is 5.02 Å². The Balaban J connectivity index is 2.33. The maximum atomic E-state index is 12.5. The number of benzene rings is 2. The van der Waals surface area contributed by atoms with Gasteiger partial charge in [-0.15, -0.1) is 0 Å². The van der Waals surface area contributed by atoms with Crippen molar-refractivity contribution in [1.82, 2.24) is 0 Å². The minimum Gasteiger partial charge on any atom is -0.283 e. The molecule has 0 N–H and O–H groups in total. The summed E-state index contributed by atoms with van der Waals surface area (Å²) < 4.78 is 16.0. The van der Waals surface area contributed by atoms with E-state index in [1.807, 2.05) is 0 Å². The summed E-state index contributed by atoms with van der Waals surface area (Å²) in [5.41, 5.74) is 0.220. The Morgan fingerprint density at radius 1 is 1.00 bits per heavy atom. The lowest BCUT2D eigenvalue weighted by Crippen LogP contribution is -2.14. The van der Waals surface area contributed by atoms with Crippen LogP contribution in [0, 0.1) is 0 Å². The molecule has 4 nitrogen and oxygen atoms in total. The number of hydrogen-bond donors (Lipinski definition) is 0. The van der Waals surface area contributed by atoms with E-state index in [9.17, 15) is 13.8 Å². The molecule has 2 aromatic rings. The number of nitrogens with zero attached hydrogens (tertiary/aromatic N) is 1. The van der Waals surface area contributed by atoms with E-state index in [0.29, 0.717) is 9.92 Å². The number of ketones is 1. The van der Waals surface area contributed by atoms with Crippen molar-refractivity contribution >= 4 is 33.0 Å². The van der Waals surface area contributed by atoms with Gasteiger partial charge in [0.2, 0.25) is 0 Å². The molecule has 0 saturated heterocycles. The Bertz CT molecular complexity index is 791. The highest BCUT2D eigenvalue weighted by atomic mass is 35.5. The van der Waals surface area contributed by atoms with Crippen LogP contribution in [0.15, 0.2) is 63.9 Å². The molecule has 21 heavy (non-hydrogen) atoms. The lowest BCUT2D eigenvalue weighted by atomic mass is 10.1. The van der Waals surface area contributed by atoms with Gasteiger partial charge in [-0.3, -0.25) is 9.59 Å². The molecule has 6 heteroatoms. The second kappa shape index (κ2) is 6.20. The molecule has 1 atom stereocenters. The maximum Gasteiger partial charge on any atom is 0.326 e. The third-order valence-corrected chi connectivity index (χ3v) is 4.65. The van der Waals surface area contributed by atoms with Crippen LogP contribution in [-0.4, -0.2) is 22.2 Å². The van der Waals surface area contributed by atoms with E-state index in [4.69, 9.17) is 11.6 Å². The average molecular weight is 322 g/mol. The van der Waals surface area contributed by atoms with Gasteiger partial charge in [0.25, 0.3) is 5.78 Å². The minimum atomic E-state index is -2.98. The lowest BCUT2D eigenvalue weighted by molar-refractivity contribution is -0.113. The molecule has 0 spiro atoms. The van der Waals surface area contributed by atoms with E-state index in [0.717, 1.165) is 0 Å². The fourth-order valence-electron chi connectivity index (χ4n) is 1.65. The summed E-state index contributed by atoms with van der Waals surface area (Å²) in [6.07, 6.45) is 1.31. The molecule has 0 radical (unpaired) electrons. The number of carbonyl (C=O) groups excluding carboxylic acids is 2. The number of carbonyl (C=O) groups is 2. The van der Waals surface area contributed by atoms with Gasteiger partial charge < -0.3 is 0 Å². The van der Waals surface area contributed by atoms with Crippen molar-refractivity contribution in [1.29, 1.82) is 0 Å². The zero-order valence-corrected chi connectivity index (χ0v) is 12.7. The van der Waals surface area contributed by atoms with E-state index < -0.39 is 21.4 Å². The lowest BCUT2D eigenvalue weighted by Gasteiger charge is -2.03. The van der Waals surface area contributed by atoms with E-state index >= 15 is 0 Å². The fourth-order valence-corrected chi connectivity index (χ4v) is 2.92. The van der Waals surface area contributed by atoms with Crippen LogP contribution in [0.5, 0.6) is 0 Å². The van der Waals surface area contributed by atoms with Crippen LogP contribution in [0.25, 0.3) is 0 Å². The zero-order chi connectivity index (χ0) is 15.5. The Kier molecular flexibility index (Phi) is 4.55. The summed E-state index contributed by atoms with van der Waals surface area (Å²) in [7, 11) is -2.98. The van der Waals surface area contributed by atoms with Gasteiger partial charge in [0.15, 0.2) is 0 Å². The highest BCUT2D eigenvalue weighted by Crippen LogP contribution is 2.16. The van der Waals surface area contributed by atoms with E-state index in [1.54, 1.807) is 30.3 Å². The molecular formula is C15H12ClNO3S. The Hall–Kier alpha value is -1.98. The molecule has 0 saturated carbocycles. The Morgan fingerprint density at radius 3 is 2.14 bits per heavy atom. The van der Waals surface area contributed by atoms with Gasteiger partial charge in [0.05, 0.1) is 9.73 Å². The molecule has 0 aliphatic rings. The molecule has 0 fully saturated rings. The standard InChI is InChI=1S/C15H12ClNO3S/c1-21(20,13-9-7-12(16)8-10-13)17-15(19)14(18)11-5-3-2-4-6-11/h2-10H,1H3. The summed E-state index contributed by atoms with van der Waals surface area (Å²) in [5, 5.41) is 0.487. The number of hydrogen-bond acceptors (Lipinski definition) is 3. The van der Waals surface area contributed by atoms with Gasteiger partial charge in [-0.1, -0.05) is 41.9 Å². The third kappa shape index (κ3) is 3.77. The van der Waals surface area contributed by atoms with Crippen molar-refractivity contribution < 1.29 is 13.8 Å². The van der Waals surface area contributed by atoms with Gasteiger partial charge in [0, 0.05) is 21.7 Å². The van der Waals surface area contributed by atoms with Crippen molar-refractivity contribution in [2.75, 3.05) is 6.26 Å². The summed E-state index contributed by atoms with van der Waals surface area (Å²) in [6, 6.07) is 14.2. The third-order valence-electron chi connectivity index (χ3n) is 2.74. The predicted octanol–water partition coefficient (Wildman–Crippen LogP) is 3.21. The Labute approximate surface area is 127 Å². The first-order valence-corrected chi connectivity index (χ1v) is 8.32. The monoisotopic (exact) mass is 321 g/mol. The topological polar surface area (TPSA) is 63.6 Å². The van der Waals surface area contributed by atoms with Gasteiger partial charge in [-0.2, -0.15) is 4.36 Å². The molecule has 1 unspecified atom stereocenters. The predicted molar refractivity (Wildman–Crippen MR) is 82.0 cm³/mol. The van der Waals surface area contributed by atoms with Crippen LogP contribution >= 0.6 is 11.6 Å². The van der Waals surface area contributed by atoms with E-state index in [1.165, 1.54) is 30.5 Å². The molecule has 0 bridgehead atoms. The quantitative estimate of drug-likeness (QED) is 0.644. The molecule has 2 rings (SSSR count). The second-order valence-electron chi connectivity index (χ2n) is 4.35. The van der Waals surface area contributed by atoms with Crippen molar-refractivity contribution in [3.63, 3.8) is 0 Å². The van der Waals surface area contributed by atoms with E-state index in [2.05, 4.69) is 4.36 Å². The van der Waals surface area contributed by atoms with Crippen molar-refractivity contribution in [2.45, 2.75) is 4.90 Å². The van der Waals surface area contributed by atoms with Gasteiger partial charge in [-0.25, -0.2) is 4.21 Å². The summed E-state index contributed by atoms with van der Waals surface area (Å²) >= 11 is 5.75. The van der Waals surface area contributed by atoms with Gasteiger partial charge >= 0.3 is 5.91 Å². The molecule has 108 valence electrons. The minimum absolute atomic E-state index is 0.220. The second-order valence-corrected chi connectivity index (χ2v) is 7.04. The summed E-state index contributed by atoms with van der Waals surface area (Å²) in [4.78, 5) is 24.1. The first kappa shape index (κ1) is 15.4. The SMILES string of the molecule is CS(=O)(=NC(=O)C(=O)c1ccccc1)c1ccc(Cl)cc1. The fraction of sp³-hybridized carbons (Fsp3) is 0.0667. The molecule has 1 amide bonds. The van der Waals surface area contributed by atoms with Crippen LogP contribution in [-0.2, 0) is 14.5 Å². The molecule has 0 aliphatic heterocycles. The van der Waals surface area contributed by atoms with Crippen LogP contribution in [0.1, 0.15) is 10.4 Å². The number of amides is 1.